The molecule has 27 heavy (non-hydrogen) atoms. The molecule has 1 aromatic carbocycles. The smallest absolute Gasteiger partial charge is 0.272 e. The summed E-state index contributed by atoms with van der Waals surface area (Å²) in [5, 5.41) is 0. The van der Waals surface area contributed by atoms with E-state index < -0.39 is 0 Å². The van der Waals surface area contributed by atoms with Crippen molar-refractivity contribution in [2.75, 3.05) is 32.8 Å². The minimum atomic E-state index is -0.0868. The molecule has 1 aliphatic heterocycles. The van der Waals surface area contributed by atoms with Crippen molar-refractivity contribution in [2.24, 2.45) is 0 Å². The van der Waals surface area contributed by atoms with Crippen molar-refractivity contribution >= 4 is 11.8 Å². The number of benzene rings is 1. The number of nitrogens with zero attached hydrogens (tertiary/aromatic N) is 3. The molecule has 2 heterocycles. The molecule has 1 aromatic heterocycles. The second kappa shape index (κ2) is 8.66. The highest BCUT2D eigenvalue weighted by Crippen LogP contribution is 2.16. The van der Waals surface area contributed by atoms with Gasteiger partial charge >= 0.3 is 0 Å². The van der Waals surface area contributed by atoms with Crippen molar-refractivity contribution in [2.45, 2.75) is 20.3 Å². The van der Waals surface area contributed by atoms with Crippen LogP contribution < -0.4 is 4.74 Å². The van der Waals surface area contributed by atoms with Gasteiger partial charge in [-0.25, -0.2) is 0 Å². The highest BCUT2D eigenvalue weighted by atomic mass is 16.5. The average Bonchev–Trinajstić information content (AvgIpc) is 2.95. The zero-order valence-electron chi connectivity index (χ0n) is 15.9. The first-order valence-electron chi connectivity index (χ1n) is 9.23. The molecular formula is C21H25N3O3. The van der Waals surface area contributed by atoms with E-state index in [1.165, 1.54) is 5.56 Å². The van der Waals surface area contributed by atoms with E-state index in [0.717, 1.165) is 12.0 Å². The molecule has 0 aliphatic carbocycles. The Labute approximate surface area is 159 Å². The summed E-state index contributed by atoms with van der Waals surface area (Å²) in [6.07, 6.45) is 2.36. The number of amides is 2. The van der Waals surface area contributed by atoms with Gasteiger partial charge in [-0.1, -0.05) is 12.1 Å². The molecule has 3 rings (SSSR count). The van der Waals surface area contributed by atoms with Gasteiger partial charge in [-0.15, -0.1) is 0 Å². The molecule has 2 amide bonds. The maximum Gasteiger partial charge on any atom is 0.272 e. The summed E-state index contributed by atoms with van der Waals surface area (Å²) in [5.74, 6) is 0.560. The van der Waals surface area contributed by atoms with Crippen LogP contribution in [0.4, 0.5) is 0 Å². The maximum absolute atomic E-state index is 12.5. The second-order valence-corrected chi connectivity index (χ2v) is 6.78. The fraction of sp³-hybridized carbons (Fsp3) is 0.381. The quantitative estimate of drug-likeness (QED) is 0.833. The highest BCUT2D eigenvalue weighted by Gasteiger charge is 2.23. The van der Waals surface area contributed by atoms with Crippen LogP contribution in [0.3, 0.4) is 0 Å². The zero-order chi connectivity index (χ0) is 19.2. The van der Waals surface area contributed by atoms with Crippen LogP contribution in [0.5, 0.6) is 5.75 Å². The van der Waals surface area contributed by atoms with Gasteiger partial charge < -0.3 is 14.5 Å². The molecule has 0 unspecified atom stereocenters. The standard InChI is InChI=1S/C21H25N3O3/c1-16-7-8-18(14-17(16)2)27-15-20(25)23-10-5-11-24(13-12-23)21(26)19-6-3-4-9-22-19/h3-4,6-9,14H,5,10-13,15H2,1-2H3. The molecule has 0 atom stereocenters. The van der Waals surface area contributed by atoms with Gasteiger partial charge in [-0.3, -0.25) is 14.6 Å². The Hall–Kier alpha value is -2.89. The number of pyridine rings is 1. The number of carbonyl (C=O) groups excluding carboxylic acids is 2. The number of aryl methyl sites for hydroxylation is 2. The Balaban J connectivity index is 1.53. The number of hydrogen-bond donors (Lipinski definition) is 0. The second-order valence-electron chi connectivity index (χ2n) is 6.78. The van der Waals surface area contributed by atoms with Gasteiger partial charge in [-0.05, 0) is 55.7 Å². The van der Waals surface area contributed by atoms with Crippen molar-refractivity contribution in [1.29, 1.82) is 0 Å². The van der Waals surface area contributed by atoms with E-state index in [-0.39, 0.29) is 18.4 Å². The number of hydrogen-bond acceptors (Lipinski definition) is 4. The Morgan fingerprint density at radius 3 is 2.52 bits per heavy atom. The van der Waals surface area contributed by atoms with Crippen LogP contribution in [0.15, 0.2) is 42.6 Å². The van der Waals surface area contributed by atoms with Crippen LogP contribution >= 0.6 is 0 Å². The maximum atomic E-state index is 12.5. The molecule has 0 N–H and O–H groups in total. The van der Waals surface area contributed by atoms with Crippen LogP contribution in [0, 0.1) is 13.8 Å². The third-order valence-corrected chi connectivity index (χ3v) is 4.86. The summed E-state index contributed by atoms with van der Waals surface area (Å²) < 4.78 is 5.66. The van der Waals surface area contributed by atoms with Crippen molar-refractivity contribution in [3.63, 3.8) is 0 Å². The lowest BCUT2D eigenvalue weighted by atomic mass is 10.1. The number of carbonyl (C=O) groups is 2. The van der Waals surface area contributed by atoms with Crippen LogP contribution in [0.25, 0.3) is 0 Å². The molecule has 2 aromatic rings. The molecule has 1 saturated heterocycles. The molecule has 0 saturated carbocycles. The van der Waals surface area contributed by atoms with Crippen molar-refractivity contribution in [3.8, 4) is 5.75 Å². The Kier molecular flexibility index (Phi) is 6.06. The van der Waals surface area contributed by atoms with E-state index in [4.69, 9.17) is 4.74 Å². The number of aromatic nitrogens is 1. The van der Waals surface area contributed by atoms with Gasteiger partial charge in [-0.2, -0.15) is 0 Å². The molecular weight excluding hydrogens is 342 g/mol. The third kappa shape index (κ3) is 4.84. The van der Waals surface area contributed by atoms with Crippen molar-refractivity contribution in [1.82, 2.24) is 14.8 Å². The van der Waals surface area contributed by atoms with Crippen LogP contribution in [-0.4, -0.2) is 59.4 Å². The normalized spacial score (nSPS) is 14.6. The molecule has 142 valence electrons. The third-order valence-electron chi connectivity index (χ3n) is 4.86. The first kappa shape index (κ1) is 18.9. The zero-order valence-corrected chi connectivity index (χ0v) is 15.9. The Bertz CT molecular complexity index is 808. The summed E-state index contributed by atoms with van der Waals surface area (Å²) in [7, 11) is 0. The van der Waals surface area contributed by atoms with Crippen LogP contribution in [-0.2, 0) is 4.79 Å². The number of ether oxygens (including phenoxy) is 1. The monoisotopic (exact) mass is 367 g/mol. The van der Waals surface area contributed by atoms with Gasteiger partial charge in [0.2, 0.25) is 0 Å². The van der Waals surface area contributed by atoms with Gasteiger partial charge in [0.05, 0.1) is 0 Å². The van der Waals surface area contributed by atoms with E-state index in [2.05, 4.69) is 4.98 Å². The SMILES string of the molecule is Cc1ccc(OCC(=O)N2CCCN(C(=O)c3ccccn3)CC2)cc1C. The molecule has 1 aliphatic rings. The highest BCUT2D eigenvalue weighted by molar-refractivity contribution is 5.92. The molecule has 6 nitrogen and oxygen atoms in total. The predicted molar refractivity (Wildman–Crippen MR) is 103 cm³/mol. The minimum Gasteiger partial charge on any atom is -0.484 e. The Morgan fingerprint density at radius 2 is 1.78 bits per heavy atom. The largest absolute Gasteiger partial charge is 0.484 e. The lowest BCUT2D eigenvalue weighted by Gasteiger charge is -2.22. The molecule has 0 spiro atoms. The van der Waals surface area contributed by atoms with Crippen LogP contribution in [0.2, 0.25) is 0 Å². The molecule has 0 radical (unpaired) electrons. The summed E-state index contributed by atoms with van der Waals surface area (Å²) in [6.45, 7) is 6.33. The molecule has 1 fully saturated rings. The summed E-state index contributed by atoms with van der Waals surface area (Å²) in [6, 6.07) is 11.1. The van der Waals surface area contributed by atoms with Gasteiger partial charge in [0.25, 0.3) is 11.8 Å². The summed E-state index contributed by atoms with van der Waals surface area (Å²) in [4.78, 5) is 32.7. The predicted octanol–water partition coefficient (Wildman–Crippen LogP) is 2.45. The summed E-state index contributed by atoms with van der Waals surface area (Å²) in [5.41, 5.74) is 2.77. The van der Waals surface area contributed by atoms with E-state index in [0.29, 0.717) is 37.6 Å². The van der Waals surface area contributed by atoms with Gasteiger partial charge in [0, 0.05) is 32.4 Å². The van der Waals surface area contributed by atoms with Gasteiger partial charge in [0.15, 0.2) is 6.61 Å². The van der Waals surface area contributed by atoms with Crippen LogP contribution in [0.1, 0.15) is 28.0 Å². The summed E-state index contributed by atoms with van der Waals surface area (Å²) >= 11 is 0. The fourth-order valence-corrected chi connectivity index (χ4v) is 3.06. The average molecular weight is 367 g/mol. The van der Waals surface area contributed by atoms with E-state index in [9.17, 15) is 9.59 Å². The fourth-order valence-electron chi connectivity index (χ4n) is 3.06. The topological polar surface area (TPSA) is 62.7 Å². The molecule has 0 bridgehead atoms. The van der Waals surface area contributed by atoms with Gasteiger partial charge in [0.1, 0.15) is 11.4 Å². The first-order valence-corrected chi connectivity index (χ1v) is 9.23. The van der Waals surface area contributed by atoms with Crippen molar-refractivity contribution < 1.29 is 14.3 Å². The lowest BCUT2D eigenvalue weighted by molar-refractivity contribution is -0.133. The van der Waals surface area contributed by atoms with Crippen molar-refractivity contribution in [3.05, 3.63) is 59.4 Å². The van der Waals surface area contributed by atoms with E-state index in [1.807, 2.05) is 32.0 Å². The minimum absolute atomic E-state index is 0.0106. The number of rotatable bonds is 4. The first-order chi connectivity index (χ1) is 13.0. The molecule has 6 heteroatoms. The van der Waals surface area contributed by atoms with E-state index >= 15 is 0 Å². The Morgan fingerprint density at radius 1 is 1.00 bits per heavy atom. The van der Waals surface area contributed by atoms with E-state index in [1.54, 1.807) is 34.2 Å². The lowest BCUT2D eigenvalue weighted by Crippen LogP contribution is -2.39.